The monoisotopic (exact) mass is 480 g/mol. The van der Waals surface area contributed by atoms with E-state index in [1.54, 1.807) is 13.8 Å². The Morgan fingerprint density at radius 1 is 1.26 bits per heavy atom. The number of hydrogen-bond acceptors (Lipinski definition) is 7. The number of esters is 2. The van der Waals surface area contributed by atoms with Gasteiger partial charge in [-0.15, -0.1) is 0 Å². The molecular weight excluding hydrogens is 450 g/mol. The second-order valence-corrected chi connectivity index (χ2v) is 10.3. The van der Waals surface area contributed by atoms with Gasteiger partial charge in [0.1, 0.15) is 0 Å². The second-order valence-electron chi connectivity index (χ2n) is 10.3. The minimum absolute atomic E-state index is 0.00717. The molecule has 3 fully saturated rings. The largest absolute Gasteiger partial charge is 0.442 e. The molecule has 34 heavy (non-hydrogen) atoms. The van der Waals surface area contributed by atoms with Gasteiger partial charge in [-0.3, -0.25) is 9.59 Å². The Hall–Kier alpha value is -2.39. The molecule has 4 aliphatic rings. The minimum Gasteiger partial charge on any atom is -0.442 e. The van der Waals surface area contributed by atoms with Crippen molar-refractivity contribution in [3.63, 3.8) is 0 Å². The molecule has 9 heteroatoms. The van der Waals surface area contributed by atoms with Gasteiger partial charge >= 0.3 is 11.9 Å². The molecule has 0 aromatic carbocycles. The van der Waals surface area contributed by atoms with E-state index in [0.717, 1.165) is 0 Å². The number of carbonyl (C=O) groups excluding carboxylic acids is 3. The second kappa shape index (κ2) is 7.81. The fourth-order valence-corrected chi connectivity index (χ4v) is 7.15. The van der Waals surface area contributed by atoms with E-state index in [9.17, 15) is 29.0 Å². The highest BCUT2D eigenvalue weighted by Gasteiger charge is 2.78. The molecule has 0 radical (unpaired) electrons. The highest BCUT2D eigenvalue weighted by atomic mass is 19.1. The molecule has 0 saturated heterocycles. The van der Waals surface area contributed by atoms with Crippen LogP contribution >= 0.6 is 0 Å². The molecule has 4 aliphatic carbocycles. The van der Waals surface area contributed by atoms with Crippen LogP contribution in [0.15, 0.2) is 36.0 Å². The van der Waals surface area contributed by atoms with Gasteiger partial charge in [-0.1, -0.05) is 32.1 Å². The fourth-order valence-electron chi connectivity index (χ4n) is 7.15. The third-order valence-electron chi connectivity index (χ3n) is 8.84. The van der Waals surface area contributed by atoms with Gasteiger partial charge in [-0.25, -0.2) is 13.6 Å². The number of carbonyl (C=O) groups is 3. The van der Waals surface area contributed by atoms with Crippen molar-refractivity contribution in [1.82, 2.24) is 0 Å². The van der Waals surface area contributed by atoms with E-state index in [-0.39, 0.29) is 37.0 Å². The zero-order chi connectivity index (χ0) is 25.3. The van der Waals surface area contributed by atoms with Crippen LogP contribution < -0.4 is 0 Å². The molecule has 0 bridgehead atoms. The van der Waals surface area contributed by atoms with Gasteiger partial charge in [-0.05, 0) is 49.8 Å². The molecule has 7 nitrogen and oxygen atoms in total. The lowest BCUT2D eigenvalue weighted by molar-refractivity contribution is -0.246. The summed E-state index contributed by atoms with van der Waals surface area (Å²) >= 11 is 0. The Labute approximate surface area is 196 Å². The summed E-state index contributed by atoms with van der Waals surface area (Å²) in [4.78, 5) is 37.5. The highest BCUT2D eigenvalue weighted by Crippen LogP contribution is 2.71. The summed E-state index contributed by atoms with van der Waals surface area (Å²) in [6.45, 7) is 7.12. The van der Waals surface area contributed by atoms with Crippen LogP contribution in [0, 0.1) is 22.7 Å². The minimum atomic E-state index is -2.40. The number of hydrogen-bond donors (Lipinski definition) is 2. The Morgan fingerprint density at radius 3 is 2.56 bits per heavy atom. The summed E-state index contributed by atoms with van der Waals surface area (Å²) in [5.41, 5.74) is -6.87. The normalized spacial score (nSPS) is 45.1. The van der Waals surface area contributed by atoms with Gasteiger partial charge in [0.2, 0.25) is 12.5 Å². The molecule has 0 aromatic rings. The highest BCUT2D eigenvalue weighted by molar-refractivity contribution is 6.01. The van der Waals surface area contributed by atoms with Gasteiger partial charge in [0, 0.05) is 23.2 Å². The van der Waals surface area contributed by atoms with Crippen molar-refractivity contribution in [2.45, 2.75) is 69.9 Å². The quantitative estimate of drug-likeness (QED) is 0.470. The summed E-state index contributed by atoms with van der Waals surface area (Å²) in [6.07, 6.45) is 0.499. The van der Waals surface area contributed by atoms with Crippen molar-refractivity contribution in [2.24, 2.45) is 22.7 Å². The standard InChI is InChI=1S/C25H30F2O7/c1-5-19(31)34-25(21(32)33-12-26)13(2)8-16-20-17(29)10-14-9-15(28)6-7-22(14,3)24(20,27)18(30)11-23(16,25)4/h6-7,9,16-18,20,29-30H,2,5,8,10-12H2,1,3-4H3/t16-,17-,18-,20+,22-,23-,24+,25+/m0/s1. The molecule has 2 N–H and O–H groups in total. The number of alkyl halides is 2. The number of fused-ring (bicyclic) bond motifs is 5. The molecular formula is C25H30F2O7. The lowest BCUT2D eigenvalue weighted by atomic mass is 9.44. The Balaban J connectivity index is 1.89. The van der Waals surface area contributed by atoms with Gasteiger partial charge in [-0.2, -0.15) is 0 Å². The third-order valence-corrected chi connectivity index (χ3v) is 8.84. The van der Waals surface area contributed by atoms with Crippen LogP contribution in [-0.4, -0.2) is 58.3 Å². The van der Waals surface area contributed by atoms with Crippen molar-refractivity contribution in [3.8, 4) is 0 Å². The molecule has 0 spiro atoms. The lowest BCUT2D eigenvalue weighted by Gasteiger charge is -2.63. The maximum absolute atomic E-state index is 17.2. The Morgan fingerprint density at radius 2 is 1.94 bits per heavy atom. The predicted molar refractivity (Wildman–Crippen MR) is 115 cm³/mol. The molecule has 0 aliphatic heterocycles. The number of halogens is 2. The SMILES string of the molecule is C=C1C[C@H]2[C@@H]3[C@@H](O)CC4=CC(=O)C=C[C@]4(C)[C@@]3(F)[C@@H](O)C[C@]2(C)[C@]1(OC(=O)CC)C(=O)OCF. The zero-order valence-corrected chi connectivity index (χ0v) is 19.5. The van der Waals surface area contributed by atoms with E-state index in [1.807, 2.05) is 0 Å². The van der Waals surface area contributed by atoms with Crippen LogP contribution in [0.3, 0.4) is 0 Å². The molecule has 186 valence electrons. The first-order valence-corrected chi connectivity index (χ1v) is 11.5. The molecule has 0 heterocycles. The van der Waals surface area contributed by atoms with Crippen LogP contribution in [0.4, 0.5) is 8.78 Å². The van der Waals surface area contributed by atoms with Crippen LogP contribution in [0.2, 0.25) is 0 Å². The maximum Gasteiger partial charge on any atom is 0.357 e. The first-order valence-electron chi connectivity index (χ1n) is 11.5. The van der Waals surface area contributed by atoms with Crippen molar-refractivity contribution < 1.29 is 42.9 Å². The molecule has 0 unspecified atom stereocenters. The van der Waals surface area contributed by atoms with E-state index in [4.69, 9.17) is 4.74 Å². The maximum atomic E-state index is 17.2. The summed E-state index contributed by atoms with van der Waals surface area (Å²) < 4.78 is 40.6. The van der Waals surface area contributed by atoms with Gasteiger partial charge in [0.25, 0.3) is 0 Å². The number of aliphatic hydroxyl groups is 2. The van der Waals surface area contributed by atoms with Crippen molar-refractivity contribution in [2.75, 3.05) is 6.86 Å². The third kappa shape index (κ3) is 2.83. The fraction of sp³-hybridized carbons (Fsp3) is 0.640. The van der Waals surface area contributed by atoms with Gasteiger partial charge in [0.15, 0.2) is 11.5 Å². The van der Waals surface area contributed by atoms with E-state index in [2.05, 4.69) is 11.3 Å². The van der Waals surface area contributed by atoms with Crippen LogP contribution in [0.5, 0.6) is 0 Å². The van der Waals surface area contributed by atoms with Gasteiger partial charge in [0.05, 0.1) is 12.2 Å². The summed E-state index contributed by atoms with van der Waals surface area (Å²) in [7, 11) is 0. The summed E-state index contributed by atoms with van der Waals surface area (Å²) in [5.74, 6) is -4.26. The summed E-state index contributed by atoms with van der Waals surface area (Å²) in [6, 6.07) is 0. The van der Waals surface area contributed by atoms with E-state index >= 15 is 4.39 Å². The van der Waals surface area contributed by atoms with Crippen LogP contribution in [-0.2, 0) is 23.9 Å². The first-order chi connectivity index (χ1) is 15.8. The molecule has 4 rings (SSSR count). The van der Waals surface area contributed by atoms with Crippen molar-refractivity contribution >= 4 is 17.7 Å². The number of allylic oxidation sites excluding steroid dienone is 3. The number of ether oxygens (including phenoxy) is 2. The Kier molecular flexibility index (Phi) is 5.68. The molecule has 3 saturated carbocycles. The lowest BCUT2D eigenvalue weighted by Crippen LogP contribution is -2.72. The van der Waals surface area contributed by atoms with E-state index in [1.165, 1.54) is 25.2 Å². The van der Waals surface area contributed by atoms with Crippen molar-refractivity contribution in [1.29, 1.82) is 0 Å². The first kappa shape index (κ1) is 24.7. The topological polar surface area (TPSA) is 110 Å². The molecule has 8 atom stereocenters. The average Bonchev–Trinajstić information content (AvgIpc) is 2.97. The zero-order valence-electron chi connectivity index (χ0n) is 19.5. The smallest absolute Gasteiger partial charge is 0.357 e. The predicted octanol–water partition coefficient (Wildman–Crippen LogP) is 2.66. The molecule has 0 amide bonds. The van der Waals surface area contributed by atoms with Gasteiger partial charge < -0.3 is 19.7 Å². The number of aliphatic hydroxyl groups excluding tert-OH is 2. The Bertz CT molecular complexity index is 1020. The van der Waals surface area contributed by atoms with E-state index < -0.39 is 64.9 Å². The summed E-state index contributed by atoms with van der Waals surface area (Å²) in [5, 5.41) is 22.5. The van der Waals surface area contributed by atoms with Crippen LogP contribution in [0.1, 0.15) is 46.5 Å². The molecule has 0 aromatic heterocycles. The van der Waals surface area contributed by atoms with Crippen LogP contribution in [0.25, 0.3) is 0 Å². The average molecular weight is 481 g/mol. The number of rotatable bonds is 4. The van der Waals surface area contributed by atoms with Crippen molar-refractivity contribution in [3.05, 3.63) is 36.0 Å². The van der Waals surface area contributed by atoms with E-state index in [0.29, 0.717) is 5.57 Å². The number of ketones is 1.